The molecule has 0 bridgehead atoms. The summed E-state index contributed by atoms with van der Waals surface area (Å²) in [6.07, 6.45) is 2.25. The van der Waals surface area contributed by atoms with Crippen LogP contribution in [0, 0.1) is 0 Å². The summed E-state index contributed by atoms with van der Waals surface area (Å²) in [5, 5.41) is 13.2. The highest BCUT2D eigenvalue weighted by molar-refractivity contribution is 5.96. The number of hydrogen-bond donors (Lipinski definition) is 2. The molecule has 0 fully saturated rings. The lowest BCUT2D eigenvalue weighted by Gasteiger charge is -2.23. The predicted molar refractivity (Wildman–Crippen MR) is 75.1 cm³/mol. The van der Waals surface area contributed by atoms with Crippen molar-refractivity contribution in [3.63, 3.8) is 0 Å². The van der Waals surface area contributed by atoms with E-state index in [2.05, 4.69) is 12.2 Å². The Kier molecular flexibility index (Phi) is 5.35. The van der Waals surface area contributed by atoms with Crippen molar-refractivity contribution in [2.45, 2.75) is 45.6 Å². The molecule has 0 radical (unpaired) electrons. The van der Waals surface area contributed by atoms with Crippen LogP contribution in [0.2, 0.25) is 0 Å². The van der Waals surface area contributed by atoms with E-state index in [1.165, 1.54) is 0 Å². The summed E-state index contributed by atoms with van der Waals surface area (Å²) in [6.45, 7) is 6.26. The van der Waals surface area contributed by atoms with Crippen LogP contribution in [-0.4, -0.2) is 23.0 Å². The number of benzene rings is 1. The maximum atomic E-state index is 11.5. The number of anilines is 1. The van der Waals surface area contributed by atoms with Crippen LogP contribution in [0.5, 0.6) is 0 Å². The van der Waals surface area contributed by atoms with Crippen molar-refractivity contribution in [2.75, 3.05) is 11.9 Å². The summed E-state index contributed by atoms with van der Waals surface area (Å²) in [5.74, 6) is 0.152. The van der Waals surface area contributed by atoms with E-state index < -0.39 is 5.60 Å². The molecule has 0 aromatic heterocycles. The largest absolute Gasteiger partial charge is 0.388 e. The maximum Gasteiger partial charge on any atom is 0.162 e. The summed E-state index contributed by atoms with van der Waals surface area (Å²) in [7, 11) is 0. The van der Waals surface area contributed by atoms with Gasteiger partial charge < -0.3 is 10.4 Å². The highest BCUT2D eigenvalue weighted by Crippen LogP contribution is 2.15. The number of nitrogens with one attached hydrogen (secondary N) is 1. The van der Waals surface area contributed by atoms with Gasteiger partial charge in [0.2, 0.25) is 0 Å². The van der Waals surface area contributed by atoms with Gasteiger partial charge in [0.1, 0.15) is 0 Å². The van der Waals surface area contributed by atoms with E-state index in [0.717, 1.165) is 24.1 Å². The van der Waals surface area contributed by atoms with Gasteiger partial charge in [0.15, 0.2) is 5.78 Å². The zero-order chi connectivity index (χ0) is 13.6. The molecule has 0 aliphatic carbocycles. The van der Waals surface area contributed by atoms with Crippen LogP contribution in [0.4, 0.5) is 5.69 Å². The Balaban J connectivity index is 2.56. The molecule has 100 valence electrons. The topological polar surface area (TPSA) is 49.3 Å². The number of Topliss-reactive ketones (excluding diaryl/α,β-unsaturated/α-hetero) is 1. The summed E-state index contributed by atoms with van der Waals surface area (Å²) in [4.78, 5) is 11.5. The van der Waals surface area contributed by atoms with Crippen molar-refractivity contribution >= 4 is 11.5 Å². The normalized spacial score (nSPS) is 14.0. The minimum Gasteiger partial charge on any atom is -0.388 e. The molecule has 0 aliphatic rings. The van der Waals surface area contributed by atoms with Gasteiger partial charge in [-0.05, 0) is 37.6 Å². The molecule has 0 aliphatic heterocycles. The van der Waals surface area contributed by atoms with Crippen LogP contribution < -0.4 is 5.32 Å². The van der Waals surface area contributed by atoms with Crippen LogP contribution >= 0.6 is 0 Å². The molecule has 1 aromatic carbocycles. The molecule has 3 heteroatoms. The summed E-state index contributed by atoms with van der Waals surface area (Å²) >= 11 is 0. The summed E-state index contributed by atoms with van der Waals surface area (Å²) in [5.41, 5.74) is 0.981. The van der Waals surface area contributed by atoms with Crippen LogP contribution in [0.1, 0.15) is 50.4 Å². The summed E-state index contributed by atoms with van der Waals surface area (Å²) < 4.78 is 0. The van der Waals surface area contributed by atoms with Gasteiger partial charge in [-0.3, -0.25) is 4.79 Å². The molecule has 1 aromatic rings. The summed E-state index contributed by atoms with van der Waals surface area (Å²) in [6, 6.07) is 7.40. The molecule has 0 spiro atoms. The third-order valence-corrected chi connectivity index (χ3v) is 2.99. The zero-order valence-corrected chi connectivity index (χ0v) is 11.5. The standard InChI is InChI=1S/C15H23NO2/c1-4-10-15(3,18)11-16-13-8-6-12(7-9-13)14(17)5-2/h6-9,16,18H,4-5,10-11H2,1-3H3. The highest BCUT2D eigenvalue weighted by atomic mass is 16.3. The van der Waals surface area contributed by atoms with Gasteiger partial charge in [-0.15, -0.1) is 0 Å². The van der Waals surface area contributed by atoms with Gasteiger partial charge in [-0.25, -0.2) is 0 Å². The molecule has 0 amide bonds. The lowest BCUT2D eigenvalue weighted by molar-refractivity contribution is 0.0636. The lowest BCUT2D eigenvalue weighted by atomic mass is 10.0. The van der Waals surface area contributed by atoms with E-state index in [1.807, 2.05) is 38.1 Å². The molecule has 1 rings (SSSR count). The van der Waals surface area contributed by atoms with E-state index in [1.54, 1.807) is 0 Å². The second-order valence-electron chi connectivity index (χ2n) is 4.95. The molecule has 2 N–H and O–H groups in total. The van der Waals surface area contributed by atoms with Crippen molar-refractivity contribution < 1.29 is 9.90 Å². The maximum absolute atomic E-state index is 11.5. The average molecular weight is 249 g/mol. The zero-order valence-electron chi connectivity index (χ0n) is 11.5. The van der Waals surface area contributed by atoms with Crippen LogP contribution in [0.25, 0.3) is 0 Å². The Morgan fingerprint density at radius 2 is 1.89 bits per heavy atom. The number of hydrogen-bond acceptors (Lipinski definition) is 3. The molecule has 0 heterocycles. The highest BCUT2D eigenvalue weighted by Gasteiger charge is 2.18. The first kappa shape index (κ1) is 14.7. The Hall–Kier alpha value is -1.35. The second-order valence-corrected chi connectivity index (χ2v) is 4.95. The predicted octanol–water partition coefficient (Wildman–Crippen LogP) is 3.24. The van der Waals surface area contributed by atoms with Crippen molar-refractivity contribution in [1.82, 2.24) is 0 Å². The van der Waals surface area contributed by atoms with E-state index in [0.29, 0.717) is 13.0 Å². The molecule has 3 nitrogen and oxygen atoms in total. The van der Waals surface area contributed by atoms with E-state index in [4.69, 9.17) is 0 Å². The SMILES string of the molecule is CCCC(C)(O)CNc1ccc(C(=O)CC)cc1. The molecular formula is C15H23NO2. The van der Waals surface area contributed by atoms with Gasteiger partial charge in [-0.1, -0.05) is 20.3 Å². The van der Waals surface area contributed by atoms with Gasteiger partial charge >= 0.3 is 0 Å². The fraction of sp³-hybridized carbons (Fsp3) is 0.533. The Labute approximate surface area is 109 Å². The van der Waals surface area contributed by atoms with E-state index in [-0.39, 0.29) is 5.78 Å². The van der Waals surface area contributed by atoms with E-state index >= 15 is 0 Å². The quantitative estimate of drug-likeness (QED) is 0.729. The Morgan fingerprint density at radius 3 is 2.39 bits per heavy atom. The molecule has 0 saturated heterocycles. The van der Waals surface area contributed by atoms with Crippen molar-refractivity contribution in [2.24, 2.45) is 0 Å². The average Bonchev–Trinajstić information content (AvgIpc) is 2.36. The van der Waals surface area contributed by atoms with Gasteiger partial charge in [0.25, 0.3) is 0 Å². The minimum absolute atomic E-state index is 0.152. The van der Waals surface area contributed by atoms with Crippen LogP contribution in [-0.2, 0) is 0 Å². The van der Waals surface area contributed by atoms with Crippen LogP contribution in [0.3, 0.4) is 0 Å². The van der Waals surface area contributed by atoms with Gasteiger partial charge in [-0.2, -0.15) is 0 Å². The monoisotopic (exact) mass is 249 g/mol. The first-order valence-electron chi connectivity index (χ1n) is 6.58. The smallest absolute Gasteiger partial charge is 0.162 e. The first-order chi connectivity index (χ1) is 8.48. The molecule has 0 saturated carbocycles. The second kappa shape index (κ2) is 6.55. The van der Waals surface area contributed by atoms with Crippen molar-refractivity contribution in [3.8, 4) is 0 Å². The first-order valence-corrected chi connectivity index (χ1v) is 6.58. The molecule has 18 heavy (non-hydrogen) atoms. The molecule has 1 atom stereocenters. The third-order valence-electron chi connectivity index (χ3n) is 2.99. The van der Waals surface area contributed by atoms with Crippen LogP contribution in [0.15, 0.2) is 24.3 Å². The molecular weight excluding hydrogens is 226 g/mol. The fourth-order valence-corrected chi connectivity index (χ4v) is 1.90. The lowest BCUT2D eigenvalue weighted by Crippen LogP contribution is -2.33. The molecule has 1 unspecified atom stereocenters. The number of ketones is 1. The van der Waals surface area contributed by atoms with E-state index in [9.17, 15) is 9.90 Å². The number of carbonyl (C=O) groups excluding carboxylic acids is 1. The number of carbonyl (C=O) groups is 1. The third kappa shape index (κ3) is 4.49. The fourth-order valence-electron chi connectivity index (χ4n) is 1.90. The van der Waals surface area contributed by atoms with Gasteiger partial charge in [0, 0.05) is 24.2 Å². The van der Waals surface area contributed by atoms with Crippen molar-refractivity contribution in [3.05, 3.63) is 29.8 Å². The minimum atomic E-state index is -0.688. The number of rotatable bonds is 7. The Bertz CT molecular complexity index is 382. The Morgan fingerprint density at radius 1 is 1.28 bits per heavy atom. The van der Waals surface area contributed by atoms with Crippen molar-refractivity contribution in [1.29, 1.82) is 0 Å². The van der Waals surface area contributed by atoms with Gasteiger partial charge in [0.05, 0.1) is 5.60 Å². The number of aliphatic hydroxyl groups is 1.